The number of hydrogen-bond acceptors (Lipinski definition) is 8. The molecular weight excluding hydrogens is 432 g/mol. The molecule has 1 N–H and O–H groups in total. The van der Waals surface area contributed by atoms with E-state index in [1.165, 1.54) is 18.3 Å². The molecule has 0 aliphatic carbocycles. The van der Waals surface area contributed by atoms with E-state index in [2.05, 4.69) is 19.9 Å². The molecule has 1 aliphatic heterocycles. The van der Waals surface area contributed by atoms with Crippen LogP contribution in [0.4, 0.5) is 0 Å². The Morgan fingerprint density at radius 3 is 2.69 bits per heavy atom. The number of aromatic nitrogens is 4. The van der Waals surface area contributed by atoms with Crippen LogP contribution in [0.2, 0.25) is 0 Å². The van der Waals surface area contributed by atoms with Crippen molar-refractivity contribution >= 4 is 26.8 Å². The number of fused-ring (bicyclic) bond motifs is 1. The second-order valence-electron chi connectivity index (χ2n) is 7.43. The van der Waals surface area contributed by atoms with Crippen molar-refractivity contribution in [1.29, 1.82) is 0 Å². The van der Waals surface area contributed by atoms with Gasteiger partial charge in [0.25, 0.3) is 0 Å². The number of esters is 1. The van der Waals surface area contributed by atoms with Gasteiger partial charge in [0.05, 0.1) is 17.2 Å². The van der Waals surface area contributed by atoms with Gasteiger partial charge in [-0.15, -0.1) is 0 Å². The second kappa shape index (κ2) is 7.72. The quantitative estimate of drug-likeness (QED) is 0.458. The molecule has 4 aromatic rings. The van der Waals surface area contributed by atoms with Crippen LogP contribution in [-0.2, 0) is 19.4 Å². The average Bonchev–Trinajstić information content (AvgIpc) is 3.39. The van der Waals surface area contributed by atoms with Gasteiger partial charge in [-0.2, -0.15) is 0 Å². The van der Waals surface area contributed by atoms with Gasteiger partial charge in [-0.05, 0) is 36.8 Å². The normalized spacial score (nSPS) is 16.3. The van der Waals surface area contributed by atoms with E-state index in [4.69, 9.17) is 9.47 Å². The van der Waals surface area contributed by atoms with Crippen molar-refractivity contribution in [2.45, 2.75) is 24.0 Å². The first-order valence-electron chi connectivity index (χ1n) is 9.85. The summed E-state index contributed by atoms with van der Waals surface area (Å²) >= 11 is 0. The number of nitrogens with one attached hydrogen (secondary N) is 1. The van der Waals surface area contributed by atoms with E-state index in [0.717, 1.165) is 11.8 Å². The Labute approximate surface area is 183 Å². The fourth-order valence-corrected chi connectivity index (χ4v) is 4.10. The summed E-state index contributed by atoms with van der Waals surface area (Å²) in [5.74, 6) is 1.14. The Kier molecular flexibility index (Phi) is 4.86. The molecule has 0 amide bonds. The van der Waals surface area contributed by atoms with Crippen LogP contribution in [0.5, 0.6) is 11.5 Å². The molecule has 0 spiro atoms. The van der Waals surface area contributed by atoms with Crippen LogP contribution < -0.4 is 4.74 Å². The highest BCUT2D eigenvalue weighted by atomic mass is 32.2. The summed E-state index contributed by atoms with van der Waals surface area (Å²) in [5.41, 5.74) is 2.78. The number of cyclic esters (lactones) is 1. The van der Waals surface area contributed by atoms with Crippen LogP contribution in [0.1, 0.15) is 24.5 Å². The maximum atomic E-state index is 11.7. The third-order valence-corrected chi connectivity index (χ3v) is 6.07. The largest absolute Gasteiger partial charge is 0.457 e. The SMILES string of the molecule is CS(=O)(=O)c1ccc(Oc2cc3nc(-c4ccccn4)[nH]c3cc2C2CCC(=O)O2)cn1. The van der Waals surface area contributed by atoms with Gasteiger partial charge in [-0.3, -0.25) is 9.78 Å². The summed E-state index contributed by atoms with van der Waals surface area (Å²) in [4.78, 5) is 27.9. The Balaban J connectivity index is 1.56. The number of carbonyl (C=O) groups excluding carboxylic acids is 1. The van der Waals surface area contributed by atoms with Gasteiger partial charge < -0.3 is 14.5 Å². The maximum Gasteiger partial charge on any atom is 0.306 e. The third kappa shape index (κ3) is 3.92. The lowest BCUT2D eigenvalue weighted by Gasteiger charge is -2.15. The molecule has 9 nitrogen and oxygen atoms in total. The molecule has 1 aliphatic rings. The first kappa shape index (κ1) is 20.1. The summed E-state index contributed by atoms with van der Waals surface area (Å²) < 4.78 is 34.8. The zero-order chi connectivity index (χ0) is 22.3. The van der Waals surface area contributed by atoms with E-state index in [-0.39, 0.29) is 11.0 Å². The molecule has 32 heavy (non-hydrogen) atoms. The highest BCUT2D eigenvalue weighted by molar-refractivity contribution is 7.90. The van der Waals surface area contributed by atoms with Gasteiger partial charge in [0.2, 0.25) is 0 Å². The predicted molar refractivity (Wildman–Crippen MR) is 115 cm³/mol. The standard InChI is InChI=1S/C22H18N4O5S/c1-32(28,29)20-7-5-13(12-24-20)30-19-11-17-16(10-14(19)18-6-8-21(27)31-18)25-22(26-17)15-4-2-3-9-23-15/h2-5,7,9-12,18H,6,8H2,1H3,(H,25,26). The molecule has 1 atom stereocenters. The Morgan fingerprint density at radius 1 is 1.16 bits per heavy atom. The number of sulfone groups is 1. The summed E-state index contributed by atoms with van der Waals surface area (Å²) in [6, 6.07) is 12.1. The minimum Gasteiger partial charge on any atom is -0.457 e. The molecule has 3 aromatic heterocycles. The number of ether oxygens (including phenoxy) is 2. The number of carbonyl (C=O) groups is 1. The number of benzene rings is 1. The zero-order valence-corrected chi connectivity index (χ0v) is 17.8. The van der Waals surface area contributed by atoms with Crippen LogP contribution >= 0.6 is 0 Å². The number of hydrogen-bond donors (Lipinski definition) is 1. The van der Waals surface area contributed by atoms with Crippen molar-refractivity contribution in [3.05, 3.63) is 60.4 Å². The molecule has 0 saturated carbocycles. The van der Waals surface area contributed by atoms with Gasteiger partial charge in [-0.25, -0.2) is 18.4 Å². The van der Waals surface area contributed by atoms with E-state index in [1.807, 2.05) is 24.3 Å². The van der Waals surface area contributed by atoms with Crippen molar-refractivity contribution in [2.75, 3.05) is 6.26 Å². The fraction of sp³-hybridized carbons (Fsp3) is 0.182. The lowest BCUT2D eigenvalue weighted by atomic mass is 10.0. The number of nitrogens with zero attached hydrogens (tertiary/aromatic N) is 3. The van der Waals surface area contributed by atoms with Crippen molar-refractivity contribution < 1.29 is 22.7 Å². The van der Waals surface area contributed by atoms with E-state index in [0.29, 0.717) is 46.9 Å². The summed E-state index contributed by atoms with van der Waals surface area (Å²) in [6.07, 6.45) is 4.53. The van der Waals surface area contributed by atoms with Crippen LogP contribution in [-0.4, -0.2) is 40.6 Å². The second-order valence-corrected chi connectivity index (χ2v) is 9.39. The molecule has 1 fully saturated rings. The smallest absolute Gasteiger partial charge is 0.306 e. The molecular formula is C22H18N4O5S. The van der Waals surface area contributed by atoms with Gasteiger partial charge >= 0.3 is 5.97 Å². The minimum absolute atomic E-state index is 0.0439. The number of aromatic amines is 1. The van der Waals surface area contributed by atoms with Crippen LogP contribution in [0, 0.1) is 0 Å². The Hall–Kier alpha value is -3.79. The lowest BCUT2D eigenvalue weighted by Crippen LogP contribution is -2.02. The molecule has 0 bridgehead atoms. The number of rotatable bonds is 5. The molecule has 4 heterocycles. The molecule has 5 rings (SSSR count). The van der Waals surface area contributed by atoms with Crippen molar-refractivity contribution in [3.63, 3.8) is 0 Å². The highest BCUT2D eigenvalue weighted by Gasteiger charge is 2.29. The van der Waals surface area contributed by atoms with Crippen LogP contribution in [0.25, 0.3) is 22.6 Å². The number of H-pyrrole nitrogens is 1. The first-order valence-corrected chi connectivity index (χ1v) is 11.7. The number of pyridine rings is 2. The fourth-order valence-electron chi connectivity index (χ4n) is 3.54. The van der Waals surface area contributed by atoms with Crippen molar-refractivity contribution in [2.24, 2.45) is 0 Å². The molecule has 1 saturated heterocycles. The highest BCUT2D eigenvalue weighted by Crippen LogP contribution is 2.39. The molecule has 1 unspecified atom stereocenters. The van der Waals surface area contributed by atoms with E-state index in [1.54, 1.807) is 12.3 Å². The summed E-state index contributed by atoms with van der Waals surface area (Å²) in [5, 5.41) is -0.0439. The Morgan fingerprint density at radius 2 is 2.03 bits per heavy atom. The molecule has 10 heteroatoms. The van der Waals surface area contributed by atoms with Gasteiger partial charge in [0.15, 0.2) is 20.7 Å². The zero-order valence-electron chi connectivity index (χ0n) is 17.0. The monoisotopic (exact) mass is 450 g/mol. The number of imidazole rings is 1. The first-order chi connectivity index (χ1) is 15.4. The van der Waals surface area contributed by atoms with Gasteiger partial charge in [-0.1, -0.05) is 6.07 Å². The van der Waals surface area contributed by atoms with E-state index < -0.39 is 15.9 Å². The minimum atomic E-state index is -3.42. The van der Waals surface area contributed by atoms with Crippen molar-refractivity contribution in [3.8, 4) is 23.0 Å². The average molecular weight is 450 g/mol. The van der Waals surface area contributed by atoms with Crippen molar-refractivity contribution in [1.82, 2.24) is 19.9 Å². The summed E-state index contributed by atoms with van der Waals surface area (Å²) in [7, 11) is -3.42. The maximum absolute atomic E-state index is 11.7. The molecule has 162 valence electrons. The third-order valence-electron chi connectivity index (χ3n) is 5.07. The van der Waals surface area contributed by atoms with Crippen LogP contribution in [0.3, 0.4) is 0 Å². The molecule has 0 radical (unpaired) electrons. The topological polar surface area (TPSA) is 124 Å². The van der Waals surface area contributed by atoms with E-state index in [9.17, 15) is 13.2 Å². The van der Waals surface area contributed by atoms with Gasteiger partial charge in [0.1, 0.15) is 23.3 Å². The molecule has 1 aromatic carbocycles. The Bertz CT molecular complexity index is 1420. The van der Waals surface area contributed by atoms with Crippen LogP contribution in [0.15, 0.2) is 59.9 Å². The van der Waals surface area contributed by atoms with E-state index >= 15 is 0 Å². The lowest BCUT2D eigenvalue weighted by molar-refractivity contribution is -0.141. The van der Waals surface area contributed by atoms with Gasteiger partial charge in [0, 0.05) is 30.5 Å². The predicted octanol–water partition coefficient (Wildman–Crippen LogP) is 3.59. The summed E-state index contributed by atoms with van der Waals surface area (Å²) in [6.45, 7) is 0.